The number of carbonyl (C=O) groups is 1. The van der Waals surface area contributed by atoms with Crippen molar-refractivity contribution < 1.29 is 22.7 Å². The molecule has 0 radical (unpaired) electrons. The lowest BCUT2D eigenvalue weighted by Gasteiger charge is -2.32. The summed E-state index contributed by atoms with van der Waals surface area (Å²) in [6.07, 6.45) is 2.32. The summed E-state index contributed by atoms with van der Waals surface area (Å²) in [5, 5.41) is 0. The third-order valence-electron chi connectivity index (χ3n) is 4.60. The second-order valence-electron chi connectivity index (χ2n) is 6.13. The highest BCUT2D eigenvalue weighted by Crippen LogP contribution is 2.34. The van der Waals surface area contributed by atoms with Crippen molar-refractivity contribution in [2.45, 2.75) is 24.8 Å². The van der Waals surface area contributed by atoms with E-state index in [1.807, 2.05) is 0 Å². The molecular formula is C17H19F3N2O2. The van der Waals surface area contributed by atoms with Gasteiger partial charge in [-0.2, -0.15) is 0 Å². The lowest BCUT2D eigenvalue weighted by molar-refractivity contribution is -0.131. The number of carbonyl (C=O) groups excluding carboxylic acids is 1. The van der Waals surface area contributed by atoms with Gasteiger partial charge in [0, 0.05) is 36.7 Å². The molecule has 1 aromatic rings. The average molecular weight is 340 g/mol. The summed E-state index contributed by atoms with van der Waals surface area (Å²) in [7, 11) is 0. The summed E-state index contributed by atoms with van der Waals surface area (Å²) in [5.41, 5.74) is 6.74. The van der Waals surface area contributed by atoms with E-state index in [9.17, 15) is 18.0 Å². The normalized spacial score (nSPS) is 24.7. The van der Waals surface area contributed by atoms with Gasteiger partial charge in [-0.05, 0) is 24.5 Å². The van der Waals surface area contributed by atoms with Crippen LogP contribution in [0.25, 0.3) is 0 Å². The highest BCUT2D eigenvalue weighted by Gasteiger charge is 2.31. The van der Waals surface area contributed by atoms with Crippen molar-refractivity contribution in [3.63, 3.8) is 0 Å². The average Bonchev–Trinajstić information content (AvgIpc) is 2.58. The summed E-state index contributed by atoms with van der Waals surface area (Å²) in [5.74, 6) is -3.71. The first-order chi connectivity index (χ1) is 11.5. The number of ether oxygens (including phenoxy) is 1. The van der Waals surface area contributed by atoms with Crippen LogP contribution in [0.2, 0.25) is 0 Å². The molecule has 7 heteroatoms. The van der Waals surface area contributed by atoms with Crippen LogP contribution in [0.1, 0.15) is 24.3 Å². The lowest BCUT2D eigenvalue weighted by atomic mass is 9.80. The molecule has 1 saturated heterocycles. The van der Waals surface area contributed by atoms with Gasteiger partial charge in [0.05, 0.1) is 13.2 Å². The van der Waals surface area contributed by atoms with E-state index >= 15 is 0 Å². The van der Waals surface area contributed by atoms with Gasteiger partial charge in [0.15, 0.2) is 11.6 Å². The van der Waals surface area contributed by atoms with E-state index in [-0.39, 0.29) is 17.9 Å². The lowest BCUT2D eigenvalue weighted by Crippen LogP contribution is -2.43. The molecule has 1 aliphatic heterocycles. The van der Waals surface area contributed by atoms with Crippen LogP contribution in [0.4, 0.5) is 13.2 Å². The number of benzene rings is 1. The number of amides is 1. The Balaban J connectivity index is 1.77. The Morgan fingerprint density at radius 1 is 1.12 bits per heavy atom. The standard InChI is InChI=1S/C17H19F3N2O2/c18-13-9-15(20)14(19)8-12(13)11-2-1-10(7-16(11)21)17(23)22-3-5-24-6-4-22/h1,8-9,11,16H,2-7,21H2. The number of rotatable bonds is 2. The third-order valence-corrected chi connectivity index (χ3v) is 4.60. The molecule has 2 aliphatic rings. The van der Waals surface area contributed by atoms with Gasteiger partial charge in [0.25, 0.3) is 0 Å². The fourth-order valence-corrected chi connectivity index (χ4v) is 3.25. The predicted octanol–water partition coefficient (Wildman–Crippen LogP) is 2.09. The first-order valence-electron chi connectivity index (χ1n) is 7.93. The van der Waals surface area contributed by atoms with E-state index in [1.54, 1.807) is 11.0 Å². The van der Waals surface area contributed by atoms with Crippen LogP contribution in [-0.2, 0) is 9.53 Å². The summed E-state index contributed by atoms with van der Waals surface area (Å²) >= 11 is 0. The summed E-state index contributed by atoms with van der Waals surface area (Å²) in [6, 6.07) is 0.863. The molecule has 0 spiro atoms. The van der Waals surface area contributed by atoms with Crippen molar-refractivity contribution in [1.29, 1.82) is 0 Å². The maximum absolute atomic E-state index is 14.0. The Morgan fingerprint density at radius 2 is 1.79 bits per heavy atom. The quantitative estimate of drug-likeness (QED) is 0.839. The molecule has 2 N–H and O–H groups in total. The van der Waals surface area contributed by atoms with Crippen LogP contribution < -0.4 is 5.73 Å². The molecule has 3 rings (SSSR count). The van der Waals surface area contributed by atoms with E-state index in [4.69, 9.17) is 10.5 Å². The molecule has 1 aromatic carbocycles. The second-order valence-corrected chi connectivity index (χ2v) is 6.13. The Hall–Kier alpha value is -1.86. The van der Waals surface area contributed by atoms with Crippen molar-refractivity contribution in [1.82, 2.24) is 4.90 Å². The number of morpholine rings is 1. The molecule has 1 fully saturated rings. The van der Waals surface area contributed by atoms with Gasteiger partial charge in [0.1, 0.15) is 5.82 Å². The minimum absolute atomic E-state index is 0.0514. The molecule has 1 aliphatic carbocycles. The molecule has 130 valence electrons. The molecule has 2 unspecified atom stereocenters. The topological polar surface area (TPSA) is 55.6 Å². The van der Waals surface area contributed by atoms with E-state index in [0.717, 1.165) is 6.07 Å². The maximum atomic E-state index is 14.0. The van der Waals surface area contributed by atoms with Gasteiger partial charge in [0.2, 0.25) is 5.91 Å². The smallest absolute Gasteiger partial charge is 0.249 e. The van der Waals surface area contributed by atoms with Crippen LogP contribution in [0.15, 0.2) is 23.8 Å². The molecule has 0 saturated carbocycles. The zero-order valence-corrected chi connectivity index (χ0v) is 13.1. The van der Waals surface area contributed by atoms with Crippen molar-refractivity contribution in [3.05, 3.63) is 46.8 Å². The molecule has 4 nitrogen and oxygen atoms in total. The van der Waals surface area contributed by atoms with Crippen LogP contribution in [-0.4, -0.2) is 43.2 Å². The van der Waals surface area contributed by atoms with Crippen molar-refractivity contribution >= 4 is 5.91 Å². The first-order valence-corrected chi connectivity index (χ1v) is 7.93. The van der Waals surface area contributed by atoms with Crippen molar-refractivity contribution in [3.8, 4) is 0 Å². The van der Waals surface area contributed by atoms with E-state index in [0.29, 0.717) is 44.4 Å². The molecule has 24 heavy (non-hydrogen) atoms. The Kier molecular flexibility index (Phi) is 4.91. The maximum Gasteiger partial charge on any atom is 0.249 e. The predicted molar refractivity (Wildman–Crippen MR) is 81.7 cm³/mol. The molecule has 0 aromatic heterocycles. The second kappa shape index (κ2) is 6.94. The SMILES string of the molecule is NC1CC(C(=O)N2CCOCC2)=CCC1c1cc(F)c(F)cc1F. The van der Waals surface area contributed by atoms with Gasteiger partial charge in [-0.3, -0.25) is 4.79 Å². The minimum Gasteiger partial charge on any atom is -0.378 e. The van der Waals surface area contributed by atoms with E-state index < -0.39 is 29.4 Å². The van der Waals surface area contributed by atoms with Gasteiger partial charge in [-0.1, -0.05) is 6.08 Å². The van der Waals surface area contributed by atoms with Crippen molar-refractivity contribution in [2.75, 3.05) is 26.3 Å². The highest BCUT2D eigenvalue weighted by molar-refractivity contribution is 5.93. The zero-order valence-electron chi connectivity index (χ0n) is 13.1. The number of hydrogen-bond acceptors (Lipinski definition) is 3. The molecule has 2 atom stereocenters. The van der Waals surface area contributed by atoms with Gasteiger partial charge in [-0.25, -0.2) is 13.2 Å². The molecule has 1 amide bonds. The fraction of sp³-hybridized carbons (Fsp3) is 0.471. The van der Waals surface area contributed by atoms with Crippen LogP contribution >= 0.6 is 0 Å². The van der Waals surface area contributed by atoms with Crippen LogP contribution in [0, 0.1) is 17.5 Å². The van der Waals surface area contributed by atoms with Crippen LogP contribution in [0.5, 0.6) is 0 Å². The highest BCUT2D eigenvalue weighted by atomic mass is 19.2. The zero-order chi connectivity index (χ0) is 17.3. The van der Waals surface area contributed by atoms with Crippen LogP contribution in [0.3, 0.4) is 0 Å². The van der Waals surface area contributed by atoms with E-state index in [1.165, 1.54) is 0 Å². The van der Waals surface area contributed by atoms with Gasteiger partial charge < -0.3 is 15.4 Å². The molecule has 0 bridgehead atoms. The Morgan fingerprint density at radius 3 is 2.46 bits per heavy atom. The molecular weight excluding hydrogens is 321 g/mol. The first kappa shape index (κ1) is 17.0. The van der Waals surface area contributed by atoms with Crippen molar-refractivity contribution in [2.24, 2.45) is 5.73 Å². The number of halogens is 3. The summed E-state index contributed by atoms with van der Waals surface area (Å²) in [4.78, 5) is 14.2. The summed E-state index contributed by atoms with van der Waals surface area (Å²) < 4.78 is 45.7. The third kappa shape index (κ3) is 3.32. The number of nitrogens with two attached hydrogens (primary N) is 1. The van der Waals surface area contributed by atoms with E-state index in [2.05, 4.69) is 0 Å². The Labute approximate surface area is 138 Å². The monoisotopic (exact) mass is 340 g/mol. The van der Waals surface area contributed by atoms with Gasteiger partial charge in [-0.15, -0.1) is 0 Å². The number of hydrogen-bond donors (Lipinski definition) is 1. The van der Waals surface area contributed by atoms with Gasteiger partial charge >= 0.3 is 0 Å². The number of nitrogens with zero attached hydrogens (tertiary/aromatic N) is 1. The molecule has 1 heterocycles. The fourth-order valence-electron chi connectivity index (χ4n) is 3.25. The summed E-state index contributed by atoms with van der Waals surface area (Å²) in [6.45, 7) is 2.08. The number of allylic oxidation sites excluding steroid dienone is 1. The Bertz CT molecular complexity index is 672. The largest absolute Gasteiger partial charge is 0.378 e. The minimum atomic E-state index is -1.22.